The SMILES string of the molecule is Bc1nc(N)nc2c1nc(B)n2C(CF)O[C@@](F)(CO)C(B)(B)OP(=O)(NC(C)C(=O)OCC(C)C)Oc1cccc2ccccc12. The molecule has 2 aromatic heterocycles. The number of anilines is 1. The summed E-state index contributed by atoms with van der Waals surface area (Å²) in [5.74, 6) is -3.98. The molecular formula is C27H37B4F2N6O7P. The van der Waals surface area contributed by atoms with Crippen molar-refractivity contribution < 1.29 is 41.8 Å². The summed E-state index contributed by atoms with van der Waals surface area (Å²) in [7, 11) is 0.705. The van der Waals surface area contributed by atoms with Gasteiger partial charge in [-0.25, -0.2) is 23.3 Å². The number of nitrogens with zero attached hydrogens (tertiary/aromatic N) is 4. The van der Waals surface area contributed by atoms with E-state index < -0.39 is 50.5 Å². The average molecular weight is 670 g/mol. The zero-order chi connectivity index (χ0) is 34.7. The highest BCUT2D eigenvalue weighted by Gasteiger charge is 2.54. The monoisotopic (exact) mass is 670 g/mol. The number of nitrogen functional groups attached to an aromatic ring is 1. The summed E-state index contributed by atoms with van der Waals surface area (Å²) in [6.07, 6.45) is -1.73. The molecule has 13 nitrogen and oxygen atoms in total. The molecule has 20 heteroatoms. The number of nitrogens with one attached hydrogen (secondary N) is 1. The molecule has 0 radical (unpaired) electrons. The van der Waals surface area contributed by atoms with Crippen LogP contribution in [0.1, 0.15) is 27.0 Å². The summed E-state index contributed by atoms with van der Waals surface area (Å²) in [6, 6.07) is 10.8. The van der Waals surface area contributed by atoms with E-state index >= 15 is 4.39 Å². The molecule has 3 unspecified atom stereocenters. The van der Waals surface area contributed by atoms with Gasteiger partial charge in [0.2, 0.25) is 11.8 Å². The van der Waals surface area contributed by atoms with Gasteiger partial charge < -0.3 is 24.8 Å². The predicted octanol–water partition coefficient (Wildman–Crippen LogP) is -1.48. The average Bonchev–Trinajstić information content (AvgIpc) is 3.33. The summed E-state index contributed by atoms with van der Waals surface area (Å²) in [5, 5.41) is 11.9. The van der Waals surface area contributed by atoms with Crippen LogP contribution < -0.4 is 26.7 Å². The van der Waals surface area contributed by atoms with Gasteiger partial charge in [0, 0.05) is 11.0 Å². The van der Waals surface area contributed by atoms with Crippen molar-refractivity contribution in [1.82, 2.24) is 24.6 Å². The van der Waals surface area contributed by atoms with Gasteiger partial charge in [-0.2, -0.15) is 10.1 Å². The van der Waals surface area contributed by atoms with Gasteiger partial charge in [-0.1, -0.05) is 50.2 Å². The van der Waals surface area contributed by atoms with Crippen LogP contribution in [0.2, 0.25) is 0 Å². The number of carbonyl (C=O) groups is 1. The lowest BCUT2D eigenvalue weighted by Gasteiger charge is -2.42. The number of nitrogens with two attached hydrogens (primary N) is 1. The third-order valence-corrected chi connectivity index (χ3v) is 9.17. The molecule has 0 aliphatic carbocycles. The van der Waals surface area contributed by atoms with E-state index in [9.17, 15) is 18.9 Å². The number of fused-ring (bicyclic) bond motifs is 2. The van der Waals surface area contributed by atoms with Crippen molar-refractivity contribution in [3.63, 3.8) is 0 Å². The highest BCUT2D eigenvalue weighted by Crippen LogP contribution is 2.51. The van der Waals surface area contributed by atoms with Crippen molar-refractivity contribution in [2.24, 2.45) is 5.92 Å². The maximum absolute atomic E-state index is 16.9. The maximum atomic E-state index is 16.9. The molecule has 47 heavy (non-hydrogen) atoms. The van der Waals surface area contributed by atoms with E-state index in [1.54, 1.807) is 32.1 Å². The van der Waals surface area contributed by atoms with Crippen LogP contribution in [0, 0.1) is 5.92 Å². The van der Waals surface area contributed by atoms with Crippen LogP contribution >= 0.6 is 7.75 Å². The van der Waals surface area contributed by atoms with Crippen LogP contribution in [0.15, 0.2) is 42.5 Å². The summed E-state index contributed by atoms with van der Waals surface area (Å²) in [5.41, 5.74) is 6.79. The van der Waals surface area contributed by atoms with Crippen LogP contribution in [0.3, 0.4) is 0 Å². The molecule has 0 fully saturated rings. The van der Waals surface area contributed by atoms with E-state index in [1.165, 1.54) is 25.4 Å². The lowest BCUT2D eigenvalue weighted by molar-refractivity contribution is -0.255. The lowest BCUT2D eigenvalue weighted by atomic mass is 9.61. The van der Waals surface area contributed by atoms with Crippen LogP contribution in [0.4, 0.5) is 14.7 Å². The largest absolute Gasteiger partial charge is 0.464 e. The molecule has 248 valence electrons. The van der Waals surface area contributed by atoms with Gasteiger partial charge in [-0.05, 0) is 24.3 Å². The minimum atomic E-state index is -4.74. The lowest BCUT2D eigenvalue weighted by Crippen LogP contribution is -2.59. The molecule has 0 aliphatic heterocycles. The van der Waals surface area contributed by atoms with E-state index in [0.29, 0.717) is 16.5 Å². The summed E-state index contributed by atoms with van der Waals surface area (Å²) < 4.78 is 70.0. The number of esters is 1. The van der Waals surface area contributed by atoms with E-state index in [0.717, 1.165) is 21.1 Å². The second kappa shape index (κ2) is 14.3. The summed E-state index contributed by atoms with van der Waals surface area (Å²) in [6.45, 7) is 2.52. The number of carbonyl (C=O) groups excluding carboxylic acids is 1. The molecule has 4 rings (SSSR count). The Hall–Kier alpha value is -3.49. The standard InChI is InChI=1S/C27H37B4F2N6O7P/c1-14(2)12-43-23(41)15(3)38-47(42,45-18-10-6-8-16-7-4-5-9-17(16)18)46-27(30,31)26(33,13-40)44-19(11-32)39-22-20(35-24(39)29)21(28)36-25(34)37-22/h4-10,14-15,19,40H,11-13,28-31H2,1-3H3,(H,38,42)(H2,34,36,37)/t15?,19?,26-,47?/m0/s1. The molecule has 0 aliphatic rings. The number of benzene rings is 2. The molecule has 0 saturated carbocycles. The number of aliphatic hydroxyl groups is 1. The minimum absolute atomic E-state index is 0.0282. The number of hydrogen-bond donors (Lipinski definition) is 3. The van der Waals surface area contributed by atoms with Crippen molar-refractivity contribution in [2.45, 2.75) is 44.3 Å². The van der Waals surface area contributed by atoms with E-state index in [4.69, 9.17) is 24.3 Å². The fourth-order valence-electron chi connectivity index (χ4n) is 4.83. The smallest absolute Gasteiger partial charge is 0.458 e. The van der Waals surface area contributed by atoms with Crippen molar-refractivity contribution >= 4 is 84.3 Å². The number of rotatable bonds is 15. The predicted molar refractivity (Wildman–Crippen MR) is 185 cm³/mol. The molecule has 0 spiro atoms. The van der Waals surface area contributed by atoms with Crippen molar-refractivity contribution in [3.8, 4) is 5.75 Å². The Morgan fingerprint density at radius 3 is 2.47 bits per heavy atom. The van der Waals surface area contributed by atoms with Crippen molar-refractivity contribution in [3.05, 3.63) is 42.5 Å². The number of alkyl halides is 2. The first-order chi connectivity index (χ1) is 22.0. The van der Waals surface area contributed by atoms with Crippen molar-refractivity contribution in [2.75, 3.05) is 25.6 Å². The van der Waals surface area contributed by atoms with Gasteiger partial charge >= 0.3 is 13.7 Å². The number of aliphatic hydroxyl groups excluding tert-OH is 1. The third kappa shape index (κ3) is 7.98. The second-order valence-electron chi connectivity index (χ2n) is 12.0. The zero-order valence-electron chi connectivity index (χ0n) is 27.4. The summed E-state index contributed by atoms with van der Waals surface area (Å²) >= 11 is 0. The molecule has 2 aromatic carbocycles. The number of halogens is 2. The Labute approximate surface area is 274 Å². The van der Waals surface area contributed by atoms with Gasteiger partial charge in [-0.15, -0.1) is 0 Å². The van der Waals surface area contributed by atoms with E-state index in [1.807, 2.05) is 26.0 Å². The normalized spacial score (nSPS) is 16.1. The first-order valence-electron chi connectivity index (χ1n) is 15.0. The van der Waals surface area contributed by atoms with Crippen LogP contribution in [-0.4, -0.2) is 99.2 Å². The quantitative estimate of drug-likeness (QED) is 0.0763. The number of aromatic nitrogens is 4. The first kappa shape index (κ1) is 36.3. The molecule has 0 saturated heterocycles. The minimum Gasteiger partial charge on any atom is -0.464 e. The fourth-order valence-corrected chi connectivity index (χ4v) is 6.71. The molecule has 0 bridgehead atoms. The Balaban J connectivity index is 1.71. The molecule has 0 amide bonds. The van der Waals surface area contributed by atoms with Gasteiger partial charge in [0.1, 0.15) is 46.3 Å². The van der Waals surface area contributed by atoms with Gasteiger partial charge in [0.25, 0.3) is 0 Å². The Morgan fingerprint density at radius 2 is 1.81 bits per heavy atom. The number of imidazole rings is 1. The Morgan fingerprint density at radius 1 is 1.13 bits per heavy atom. The van der Waals surface area contributed by atoms with Crippen LogP contribution in [0.5, 0.6) is 5.75 Å². The highest BCUT2D eigenvalue weighted by molar-refractivity contribution is 7.52. The number of ether oxygens (including phenoxy) is 2. The van der Waals surface area contributed by atoms with Crippen LogP contribution in [0.25, 0.3) is 21.9 Å². The number of hydrogen-bond acceptors (Lipinski definition) is 11. The van der Waals surface area contributed by atoms with E-state index in [-0.39, 0.29) is 35.6 Å². The van der Waals surface area contributed by atoms with Gasteiger partial charge in [0.15, 0.2) is 27.6 Å². The Kier molecular flexibility index (Phi) is 11.1. The van der Waals surface area contributed by atoms with Crippen molar-refractivity contribution in [1.29, 1.82) is 0 Å². The van der Waals surface area contributed by atoms with E-state index in [2.05, 4.69) is 20.0 Å². The maximum Gasteiger partial charge on any atom is 0.458 e. The first-order valence-corrected chi connectivity index (χ1v) is 16.5. The zero-order valence-corrected chi connectivity index (χ0v) is 28.3. The summed E-state index contributed by atoms with van der Waals surface area (Å²) in [4.78, 5) is 25.3. The highest BCUT2D eigenvalue weighted by atomic mass is 31.2. The molecule has 4 aromatic rings. The fraction of sp³-hybridized carbons (Fsp3) is 0.407. The molecule has 4 N–H and O–H groups in total. The molecule has 2 heterocycles. The second-order valence-corrected chi connectivity index (χ2v) is 13.6. The van der Waals surface area contributed by atoms with Gasteiger partial charge in [-0.3, -0.25) is 13.9 Å². The third-order valence-electron chi connectivity index (χ3n) is 7.33. The topological polar surface area (TPSA) is 173 Å². The Bertz CT molecular complexity index is 1800. The molecular weight excluding hydrogens is 633 g/mol. The molecule has 4 atom stereocenters. The van der Waals surface area contributed by atoms with Gasteiger partial charge in [0.05, 0.1) is 17.7 Å². The van der Waals surface area contributed by atoms with Crippen LogP contribution in [-0.2, 0) is 23.4 Å².